The maximum absolute atomic E-state index is 4.01. The second-order valence-electron chi connectivity index (χ2n) is 3.35. The number of hydrogen-bond donors (Lipinski definition) is 1. The summed E-state index contributed by atoms with van der Waals surface area (Å²) in [5, 5.41) is 12.3. The lowest BCUT2D eigenvalue weighted by Crippen LogP contribution is -1.81. The molecular weight excluding hydrogens is 232 g/mol. The van der Waals surface area contributed by atoms with Gasteiger partial charge in [0.1, 0.15) is 5.69 Å². The molecule has 17 heavy (non-hydrogen) atoms. The van der Waals surface area contributed by atoms with Crippen LogP contribution in [0.2, 0.25) is 0 Å². The molecule has 3 aromatic rings. The number of nitrogens with one attached hydrogen (secondary N) is 1. The van der Waals surface area contributed by atoms with Crippen LogP contribution in [0.5, 0.6) is 0 Å². The lowest BCUT2D eigenvalue weighted by Gasteiger charge is -1.98. The lowest BCUT2D eigenvalue weighted by molar-refractivity contribution is 0.942. The monoisotopic (exact) mass is 244 g/mol. The van der Waals surface area contributed by atoms with Gasteiger partial charge >= 0.3 is 0 Å². The Bertz CT molecular complexity index is 514. The first-order valence-electron chi connectivity index (χ1n) is 5.12. The minimum atomic E-state index is 0.896. The second-order valence-corrected chi connectivity index (χ2v) is 4.10. The molecule has 2 aromatic heterocycles. The van der Waals surface area contributed by atoms with E-state index in [1.54, 1.807) is 29.2 Å². The number of hydrogen-bond acceptors (Lipinski definition) is 4. The zero-order chi connectivity index (χ0) is 11.9. The topological polar surface area (TPSA) is 54.5 Å². The van der Waals surface area contributed by atoms with Crippen molar-refractivity contribution in [2.45, 2.75) is 6.92 Å². The molecule has 2 heterocycles. The highest BCUT2D eigenvalue weighted by molar-refractivity contribution is 7.07. The molecular formula is C12H12N4S. The van der Waals surface area contributed by atoms with Crippen molar-refractivity contribution in [1.29, 1.82) is 0 Å². The van der Waals surface area contributed by atoms with E-state index in [9.17, 15) is 0 Å². The molecule has 5 heteroatoms. The van der Waals surface area contributed by atoms with E-state index < -0.39 is 0 Å². The molecule has 0 bridgehead atoms. The molecule has 0 aliphatic rings. The Labute approximate surface area is 103 Å². The molecule has 3 rings (SSSR count). The number of aromatic amines is 1. The molecule has 0 amide bonds. The van der Waals surface area contributed by atoms with Crippen molar-refractivity contribution in [3.63, 3.8) is 0 Å². The Morgan fingerprint density at radius 1 is 1.24 bits per heavy atom. The highest BCUT2D eigenvalue weighted by Crippen LogP contribution is 2.18. The average molecular weight is 244 g/mol. The van der Waals surface area contributed by atoms with Crippen molar-refractivity contribution >= 4 is 11.3 Å². The van der Waals surface area contributed by atoms with Crippen LogP contribution in [-0.2, 0) is 0 Å². The van der Waals surface area contributed by atoms with Crippen LogP contribution in [0.4, 0.5) is 0 Å². The van der Waals surface area contributed by atoms with Crippen molar-refractivity contribution in [3.05, 3.63) is 53.1 Å². The Balaban J connectivity index is 0.000000181. The highest BCUT2D eigenvalue weighted by atomic mass is 32.1. The summed E-state index contributed by atoms with van der Waals surface area (Å²) in [6.45, 7) is 2.06. The lowest BCUT2D eigenvalue weighted by atomic mass is 10.1. The third kappa shape index (κ3) is 3.22. The van der Waals surface area contributed by atoms with Gasteiger partial charge in [0.15, 0.2) is 0 Å². The van der Waals surface area contributed by atoms with Crippen molar-refractivity contribution in [3.8, 4) is 11.3 Å². The third-order valence-electron chi connectivity index (χ3n) is 2.18. The van der Waals surface area contributed by atoms with Crippen molar-refractivity contribution < 1.29 is 0 Å². The van der Waals surface area contributed by atoms with Gasteiger partial charge in [0.25, 0.3) is 0 Å². The van der Waals surface area contributed by atoms with Crippen LogP contribution in [-0.4, -0.2) is 20.4 Å². The maximum Gasteiger partial charge on any atom is 0.113 e. The fourth-order valence-electron chi connectivity index (χ4n) is 1.37. The molecule has 1 N–H and O–H groups in total. The van der Waals surface area contributed by atoms with Crippen LogP contribution in [0.3, 0.4) is 0 Å². The van der Waals surface area contributed by atoms with Crippen LogP contribution in [0, 0.1) is 6.92 Å². The Kier molecular flexibility index (Phi) is 3.99. The molecule has 0 aliphatic heterocycles. The zero-order valence-corrected chi connectivity index (χ0v) is 10.2. The van der Waals surface area contributed by atoms with Crippen LogP contribution >= 0.6 is 11.3 Å². The summed E-state index contributed by atoms with van der Waals surface area (Å²) in [7, 11) is 0. The Morgan fingerprint density at radius 3 is 2.65 bits per heavy atom. The zero-order valence-electron chi connectivity index (χ0n) is 9.37. The Hall–Kier alpha value is -2.01. The molecule has 0 saturated carbocycles. The first-order valence-corrected chi connectivity index (χ1v) is 6.06. The van der Waals surface area contributed by atoms with E-state index in [2.05, 4.69) is 33.4 Å². The summed E-state index contributed by atoms with van der Waals surface area (Å²) in [6, 6.07) is 8.10. The number of thiazole rings is 1. The van der Waals surface area contributed by atoms with Crippen LogP contribution in [0.1, 0.15) is 5.56 Å². The van der Waals surface area contributed by atoms with Crippen molar-refractivity contribution in [1.82, 2.24) is 20.4 Å². The third-order valence-corrected chi connectivity index (χ3v) is 2.71. The summed E-state index contributed by atoms with van der Waals surface area (Å²) >= 11 is 1.60. The summed E-state index contributed by atoms with van der Waals surface area (Å²) in [5.74, 6) is 0. The van der Waals surface area contributed by atoms with Crippen LogP contribution in [0.25, 0.3) is 11.3 Å². The Morgan fingerprint density at radius 2 is 2.12 bits per heavy atom. The minimum absolute atomic E-state index is 0.896. The largest absolute Gasteiger partial charge is 0.253 e. The van der Waals surface area contributed by atoms with Gasteiger partial charge in [-0.3, -0.25) is 4.98 Å². The number of nitrogens with zero attached hydrogens (tertiary/aromatic N) is 3. The van der Waals surface area contributed by atoms with E-state index in [0.717, 1.165) is 11.3 Å². The molecule has 0 radical (unpaired) electrons. The van der Waals surface area contributed by atoms with E-state index in [0.29, 0.717) is 0 Å². The van der Waals surface area contributed by atoms with Gasteiger partial charge in [0.2, 0.25) is 0 Å². The average Bonchev–Trinajstić information content (AvgIpc) is 3.06. The second kappa shape index (κ2) is 5.91. The number of aromatic nitrogens is 4. The normalized spacial score (nSPS) is 9.47. The van der Waals surface area contributed by atoms with Gasteiger partial charge in [-0.1, -0.05) is 24.3 Å². The molecule has 0 aliphatic carbocycles. The SMILES string of the molecule is Cc1ccccc1-c1cn[nH]n1.c1cscn1. The predicted molar refractivity (Wildman–Crippen MR) is 68.7 cm³/mol. The summed E-state index contributed by atoms with van der Waals surface area (Å²) in [6.07, 6.45) is 3.49. The van der Waals surface area contributed by atoms with Gasteiger partial charge in [-0.15, -0.1) is 11.3 Å². The highest BCUT2D eigenvalue weighted by Gasteiger charge is 2.01. The minimum Gasteiger partial charge on any atom is -0.253 e. The van der Waals surface area contributed by atoms with E-state index >= 15 is 0 Å². The predicted octanol–water partition coefficient (Wildman–Crippen LogP) is 2.92. The number of H-pyrrole nitrogens is 1. The number of aryl methyl sites for hydroxylation is 1. The molecule has 0 atom stereocenters. The number of rotatable bonds is 1. The first-order chi connectivity index (χ1) is 8.38. The summed E-state index contributed by atoms with van der Waals surface area (Å²) in [5.41, 5.74) is 5.03. The molecule has 0 unspecified atom stereocenters. The first kappa shape index (κ1) is 11.5. The van der Waals surface area contributed by atoms with Gasteiger partial charge in [-0.25, -0.2) is 0 Å². The van der Waals surface area contributed by atoms with Crippen molar-refractivity contribution in [2.24, 2.45) is 0 Å². The molecule has 0 spiro atoms. The van der Waals surface area contributed by atoms with Gasteiger partial charge in [-0.2, -0.15) is 15.4 Å². The summed E-state index contributed by atoms with van der Waals surface area (Å²) < 4.78 is 0. The standard InChI is InChI=1S/C9H9N3.C3H3NS/c1-7-4-2-3-5-8(7)9-6-10-12-11-9;1-2-5-3-4-1/h2-6H,1H3,(H,10,11,12);1-3H. The van der Waals surface area contributed by atoms with Gasteiger partial charge in [0.05, 0.1) is 11.7 Å². The molecule has 4 nitrogen and oxygen atoms in total. The van der Waals surface area contributed by atoms with Gasteiger partial charge in [0, 0.05) is 17.1 Å². The van der Waals surface area contributed by atoms with Gasteiger partial charge < -0.3 is 0 Å². The molecule has 86 valence electrons. The van der Waals surface area contributed by atoms with E-state index in [1.807, 2.05) is 23.6 Å². The number of benzene rings is 1. The van der Waals surface area contributed by atoms with E-state index in [4.69, 9.17) is 0 Å². The van der Waals surface area contributed by atoms with E-state index in [-0.39, 0.29) is 0 Å². The quantitative estimate of drug-likeness (QED) is 0.716. The van der Waals surface area contributed by atoms with Crippen LogP contribution in [0.15, 0.2) is 47.5 Å². The van der Waals surface area contributed by atoms with Gasteiger partial charge in [-0.05, 0) is 12.5 Å². The van der Waals surface area contributed by atoms with E-state index in [1.165, 1.54) is 5.56 Å². The molecule has 0 saturated heterocycles. The fraction of sp³-hybridized carbons (Fsp3) is 0.0833. The summed E-state index contributed by atoms with van der Waals surface area (Å²) in [4.78, 5) is 3.74. The fourth-order valence-corrected chi connectivity index (χ4v) is 1.72. The smallest absolute Gasteiger partial charge is 0.113 e. The molecule has 1 aromatic carbocycles. The van der Waals surface area contributed by atoms with Crippen molar-refractivity contribution in [2.75, 3.05) is 0 Å². The maximum atomic E-state index is 4.01. The van der Waals surface area contributed by atoms with Crippen LogP contribution < -0.4 is 0 Å². The molecule has 0 fully saturated rings.